The number of unbranched alkanes of at least 4 members (excludes halogenated alkanes) is 1. The second-order valence-electron chi connectivity index (χ2n) is 5.33. The van der Waals surface area contributed by atoms with Crippen LogP contribution in [0.15, 0.2) is 24.3 Å². The van der Waals surface area contributed by atoms with Gasteiger partial charge >= 0.3 is 5.97 Å². The second-order valence-corrected chi connectivity index (χ2v) is 5.33. The molecule has 116 valence electrons. The largest absolute Gasteiger partial charge is 0.481 e. The molecule has 0 fully saturated rings. The first-order valence-electron chi connectivity index (χ1n) is 7.68. The van der Waals surface area contributed by atoms with E-state index in [9.17, 15) is 9.59 Å². The maximum Gasteiger partial charge on any atom is 0.308 e. The highest BCUT2D eigenvalue weighted by Gasteiger charge is 2.17. The Labute approximate surface area is 126 Å². The number of hydrogen-bond acceptors (Lipinski definition) is 2. The average molecular weight is 291 g/mol. The van der Waals surface area contributed by atoms with Crippen molar-refractivity contribution in [2.75, 3.05) is 6.54 Å². The highest BCUT2D eigenvalue weighted by molar-refractivity contribution is 5.94. The number of aliphatic carboxylic acids is 1. The van der Waals surface area contributed by atoms with Gasteiger partial charge in [-0.15, -0.1) is 0 Å². The molecule has 0 saturated heterocycles. The van der Waals surface area contributed by atoms with Crippen molar-refractivity contribution in [3.8, 4) is 0 Å². The SMILES string of the molecule is CCCCc1ccc(C(=O)NCC(CCC)C(=O)O)cc1. The molecular formula is C17H25NO3. The first-order chi connectivity index (χ1) is 10.1. The Morgan fingerprint density at radius 1 is 1.14 bits per heavy atom. The second kappa shape index (κ2) is 9.16. The van der Waals surface area contributed by atoms with E-state index < -0.39 is 11.9 Å². The molecule has 0 saturated carbocycles. The van der Waals surface area contributed by atoms with E-state index in [1.165, 1.54) is 5.56 Å². The predicted octanol–water partition coefficient (Wildman–Crippen LogP) is 3.26. The van der Waals surface area contributed by atoms with E-state index in [-0.39, 0.29) is 12.5 Å². The van der Waals surface area contributed by atoms with Crippen molar-refractivity contribution in [3.05, 3.63) is 35.4 Å². The van der Waals surface area contributed by atoms with Crippen LogP contribution in [-0.2, 0) is 11.2 Å². The van der Waals surface area contributed by atoms with Gasteiger partial charge in [-0.25, -0.2) is 0 Å². The summed E-state index contributed by atoms with van der Waals surface area (Å²) in [7, 11) is 0. The fourth-order valence-corrected chi connectivity index (χ4v) is 2.18. The van der Waals surface area contributed by atoms with Crippen molar-refractivity contribution in [1.82, 2.24) is 5.32 Å². The molecule has 1 unspecified atom stereocenters. The summed E-state index contributed by atoms with van der Waals surface area (Å²) in [4.78, 5) is 23.0. The number of nitrogens with one attached hydrogen (secondary N) is 1. The van der Waals surface area contributed by atoms with E-state index in [1.54, 1.807) is 12.1 Å². The fraction of sp³-hybridized carbons (Fsp3) is 0.529. The van der Waals surface area contributed by atoms with Gasteiger partial charge in [0.25, 0.3) is 5.91 Å². The lowest BCUT2D eigenvalue weighted by Crippen LogP contribution is -2.32. The van der Waals surface area contributed by atoms with Crippen LogP contribution in [0.25, 0.3) is 0 Å². The van der Waals surface area contributed by atoms with Crippen LogP contribution >= 0.6 is 0 Å². The van der Waals surface area contributed by atoms with E-state index >= 15 is 0 Å². The standard InChI is InChI=1S/C17H25NO3/c1-3-5-7-13-8-10-14(11-9-13)16(19)18-12-15(6-4-2)17(20)21/h8-11,15H,3-7,12H2,1-2H3,(H,18,19)(H,20,21). The summed E-state index contributed by atoms with van der Waals surface area (Å²) in [6.45, 7) is 4.27. The van der Waals surface area contributed by atoms with Crippen LogP contribution in [-0.4, -0.2) is 23.5 Å². The molecule has 0 bridgehead atoms. The van der Waals surface area contributed by atoms with Gasteiger partial charge in [0.15, 0.2) is 0 Å². The first kappa shape index (κ1) is 17.2. The highest BCUT2D eigenvalue weighted by atomic mass is 16.4. The molecule has 0 radical (unpaired) electrons. The zero-order chi connectivity index (χ0) is 15.7. The summed E-state index contributed by atoms with van der Waals surface area (Å²) >= 11 is 0. The fourth-order valence-electron chi connectivity index (χ4n) is 2.18. The van der Waals surface area contributed by atoms with Gasteiger partial charge in [0.1, 0.15) is 0 Å². The quantitative estimate of drug-likeness (QED) is 0.734. The number of aryl methyl sites for hydroxylation is 1. The van der Waals surface area contributed by atoms with E-state index in [1.807, 2.05) is 19.1 Å². The predicted molar refractivity (Wildman–Crippen MR) is 83.4 cm³/mol. The summed E-state index contributed by atoms with van der Waals surface area (Å²) in [6.07, 6.45) is 4.68. The maximum absolute atomic E-state index is 12.0. The van der Waals surface area contributed by atoms with Gasteiger partial charge in [0.2, 0.25) is 0 Å². The molecule has 0 aliphatic carbocycles. The molecule has 0 heterocycles. The number of carbonyl (C=O) groups excluding carboxylic acids is 1. The molecule has 1 rings (SSSR count). The molecule has 0 spiro atoms. The molecule has 1 atom stereocenters. The molecule has 4 heteroatoms. The van der Waals surface area contributed by atoms with E-state index in [0.29, 0.717) is 12.0 Å². The topological polar surface area (TPSA) is 66.4 Å². The van der Waals surface area contributed by atoms with Gasteiger partial charge in [-0.3, -0.25) is 9.59 Å². The van der Waals surface area contributed by atoms with Crippen LogP contribution in [0.4, 0.5) is 0 Å². The Morgan fingerprint density at radius 3 is 2.33 bits per heavy atom. The lowest BCUT2D eigenvalue weighted by molar-refractivity contribution is -0.141. The number of rotatable bonds is 9. The molecule has 0 aliphatic rings. The number of carboxylic acids is 1. The molecule has 1 aromatic rings. The summed E-state index contributed by atoms with van der Waals surface area (Å²) < 4.78 is 0. The van der Waals surface area contributed by atoms with Gasteiger partial charge in [-0.1, -0.05) is 38.8 Å². The minimum atomic E-state index is -0.855. The number of amides is 1. The lowest BCUT2D eigenvalue weighted by atomic mass is 10.0. The number of hydrogen-bond donors (Lipinski definition) is 2. The Kier molecular flexibility index (Phi) is 7.51. The molecule has 0 aromatic heterocycles. The van der Waals surface area contributed by atoms with Gasteiger partial charge < -0.3 is 10.4 Å². The molecular weight excluding hydrogens is 266 g/mol. The van der Waals surface area contributed by atoms with Crippen molar-refractivity contribution < 1.29 is 14.7 Å². The van der Waals surface area contributed by atoms with Crippen LogP contribution in [0.2, 0.25) is 0 Å². The van der Waals surface area contributed by atoms with Gasteiger partial charge in [0, 0.05) is 12.1 Å². The smallest absolute Gasteiger partial charge is 0.308 e. The molecule has 2 N–H and O–H groups in total. The molecule has 1 aromatic carbocycles. The molecule has 4 nitrogen and oxygen atoms in total. The number of carboxylic acid groups (broad SMARTS) is 1. The van der Waals surface area contributed by atoms with Crippen LogP contribution in [0, 0.1) is 5.92 Å². The summed E-state index contributed by atoms with van der Waals surface area (Å²) in [6, 6.07) is 7.53. The number of carbonyl (C=O) groups is 2. The van der Waals surface area contributed by atoms with Crippen molar-refractivity contribution >= 4 is 11.9 Å². The maximum atomic E-state index is 12.0. The van der Waals surface area contributed by atoms with Crippen molar-refractivity contribution in [1.29, 1.82) is 0 Å². The minimum absolute atomic E-state index is 0.180. The zero-order valence-corrected chi connectivity index (χ0v) is 12.9. The number of benzene rings is 1. The normalized spacial score (nSPS) is 11.9. The monoisotopic (exact) mass is 291 g/mol. The Morgan fingerprint density at radius 2 is 1.81 bits per heavy atom. The Hall–Kier alpha value is -1.84. The van der Waals surface area contributed by atoms with Crippen LogP contribution in [0.3, 0.4) is 0 Å². The van der Waals surface area contributed by atoms with Crippen LogP contribution in [0.5, 0.6) is 0 Å². The van der Waals surface area contributed by atoms with Gasteiger partial charge in [-0.05, 0) is 37.0 Å². The molecule has 1 amide bonds. The van der Waals surface area contributed by atoms with E-state index in [0.717, 1.165) is 25.7 Å². The highest BCUT2D eigenvalue weighted by Crippen LogP contribution is 2.09. The van der Waals surface area contributed by atoms with E-state index in [2.05, 4.69) is 12.2 Å². The zero-order valence-electron chi connectivity index (χ0n) is 12.9. The van der Waals surface area contributed by atoms with Crippen LogP contribution < -0.4 is 5.32 Å². The third kappa shape index (κ3) is 5.98. The molecule has 21 heavy (non-hydrogen) atoms. The lowest BCUT2D eigenvalue weighted by Gasteiger charge is -2.12. The first-order valence-corrected chi connectivity index (χ1v) is 7.68. The van der Waals surface area contributed by atoms with E-state index in [4.69, 9.17) is 5.11 Å². The Bertz CT molecular complexity index is 454. The summed E-state index contributed by atoms with van der Waals surface area (Å²) in [5.74, 6) is -1.57. The Balaban J connectivity index is 2.53. The van der Waals surface area contributed by atoms with Gasteiger partial charge in [-0.2, -0.15) is 0 Å². The summed E-state index contributed by atoms with van der Waals surface area (Å²) in [5.41, 5.74) is 1.80. The minimum Gasteiger partial charge on any atom is -0.481 e. The third-order valence-electron chi connectivity index (χ3n) is 3.53. The van der Waals surface area contributed by atoms with Crippen molar-refractivity contribution in [3.63, 3.8) is 0 Å². The molecule has 0 aliphatic heterocycles. The van der Waals surface area contributed by atoms with Crippen molar-refractivity contribution in [2.45, 2.75) is 46.0 Å². The summed E-state index contributed by atoms with van der Waals surface area (Å²) in [5, 5.41) is 11.8. The third-order valence-corrected chi connectivity index (χ3v) is 3.53. The van der Waals surface area contributed by atoms with Gasteiger partial charge in [0.05, 0.1) is 5.92 Å². The van der Waals surface area contributed by atoms with Crippen molar-refractivity contribution in [2.24, 2.45) is 5.92 Å². The average Bonchev–Trinajstić information content (AvgIpc) is 2.49. The van der Waals surface area contributed by atoms with Crippen LogP contribution in [0.1, 0.15) is 55.5 Å².